The molecule has 1 aliphatic heterocycles. The van der Waals surface area contributed by atoms with Crippen molar-refractivity contribution >= 4 is 17.4 Å². The first-order valence-corrected chi connectivity index (χ1v) is 6.74. The van der Waals surface area contributed by atoms with Gasteiger partial charge in [0.2, 0.25) is 0 Å². The maximum atomic E-state index is 12.1. The van der Waals surface area contributed by atoms with E-state index in [1.165, 1.54) is 4.88 Å². The van der Waals surface area contributed by atoms with Crippen molar-refractivity contribution in [1.82, 2.24) is 10.2 Å². The quantitative estimate of drug-likeness (QED) is 0.879. The fourth-order valence-corrected chi connectivity index (χ4v) is 2.64. The molecular weight excluding hydrogens is 236 g/mol. The van der Waals surface area contributed by atoms with E-state index in [0.717, 1.165) is 0 Å². The Balaban J connectivity index is 1.92. The Labute approximate surface area is 106 Å². The molecule has 1 aromatic rings. The number of nitrogens with one attached hydrogen (secondary N) is 1. The maximum absolute atomic E-state index is 12.1. The summed E-state index contributed by atoms with van der Waals surface area (Å²) in [6, 6.07) is 4.26. The van der Waals surface area contributed by atoms with Crippen LogP contribution in [0.25, 0.3) is 0 Å². The van der Waals surface area contributed by atoms with Crippen LogP contribution in [-0.4, -0.2) is 36.7 Å². The summed E-state index contributed by atoms with van der Waals surface area (Å²) >= 11 is 1.66. The first-order valence-electron chi connectivity index (χ1n) is 5.86. The van der Waals surface area contributed by atoms with Crippen molar-refractivity contribution in [2.24, 2.45) is 0 Å². The van der Waals surface area contributed by atoms with Gasteiger partial charge in [0.1, 0.15) is 0 Å². The second-order valence-corrected chi connectivity index (χ2v) is 5.28. The molecule has 2 rings (SSSR count). The minimum atomic E-state index is 0.00157. The van der Waals surface area contributed by atoms with Crippen molar-refractivity contribution in [3.05, 3.63) is 22.4 Å². The van der Waals surface area contributed by atoms with Crippen molar-refractivity contribution in [2.45, 2.75) is 25.9 Å². The monoisotopic (exact) mass is 254 g/mol. The van der Waals surface area contributed by atoms with Gasteiger partial charge in [-0.1, -0.05) is 6.07 Å². The van der Waals surface area contributed by atoms with E-state index in [1.807, 2.05) is 36.3 Å². The fourth-order valence-electron chi connectivity index (χ4n) is 1.91. The Bertz CT molecular complexity index is 367. The molecule has 1 saturated heterocycles. The fraction of sp³-hybridized carbons (Fsp3) is 0.583. The maximum Gasteiger partial charge on any atom is 0.318 e. The van der Waals surface area contributed by atoms with E-state index in [2.05, 4.69) is 5.32 Å². The highest BCUT2D eigenvalue weighted by molar-refractivity contribution is 7.10. The molecule has 5 heteroatoms. The van der Waals surface area contributed by atoms with Crippen LogP contribution in [0.2, 0.25) is 0 Å². The lowest BCUT2D eigenvalue weighted by Gasteiger charge is -2.34. The van der Waals surface area contributed by atoms with Gasteiger partial charge in [-0.3, -0.25) is 0 Å². The van der Waals surface area contributed by atoms with Crippen LogP contribution in [-0.2, 0) is 4.74 Å². The second-order valence-electron chi connectivity index (χ2n) is 4.30. The normalized spacial score (nSPS) is 22.2. The summed E-state index contributed by atoms with van der Waals surface area (Å²) < 4.78 is 5.32. The van der Waals surface area contributed by atoms with E-state index in [4.69, 9.17) is 4.74 Å². The highest BCUT2D eigenvalue weighted by Crippen LogP contribution is 2.18. The van der Waals surface area contributed by atoms with Crippen LogP contribution in [0, 0.1) is 0 Å². The van der Waals surface area contributed by atoms with Crippen LogP contribution >= 0.6 is 11.3 Å². The Hall–Kier alpha value is -1.07. The number of rotatable bonds is 2. The molecule has 17 heavy (non-hydrogen) atoms. The largest absolute Gasteiger partial charge is 0.377 e. The lowest BCUT2D eigenvalue weighted by atomic mass is 10.2. The van der Waals surface area contributed by atoms with Crippen molar-refractivity contribution < 1.29 is 9.53 Å². The molecule has 1 fully saturated rings. The van der Waals surface area contributed by atoms with Crippen molar-refractivity contribution in [3.8, 4) is 0 Å². The van der Waals surface area contributed by atoms with Gasteiger partial charge in [0, 0.05) is 11.4 Å². The highest BCUT2D eigenvalue weighted by atomic mass is 32.1. The van der Waals surface area contributed by atoms with E-state index >= 15 is 0 Å². The molecule has 2 heterocycles. The summed E-state index contributed by atoms with van der Waals surface area (Å²) in [5.74, 6) is 0. The number of carbonyl (C=O) groups is 1. The molecule has 0 bridgehead atoms. The Kier molecular flexibility index (Phi) is 4.02. The molecule has 0 aromatic carbocycles. The summed E-state index contributed by atoms with van der Waals surface area (Å²) in [4.78, 5) is 15.1. The van der Waals surface area contributed by atoms with Crippen LogP contribution in [0.3, 0.4) is 0 Å². The van der Waals surface area contributed by atoms with Crippen LogP contribution in [0.1, 0.15) is 24.8 Å². The number of hydrogen-bond donors (Lipinski definition) is 1. The van der Waals surface area contributed by atoms with Crippen LogP contribution in [0.5, 0.6) is 0 Å². The van der Waals surface area contributed by atoms with Crippen LogP contribution < -0.4 is 5.32 Å². The molecule has 0 aliphatic carbocycles. The third-order valence-electron chi connectivity index (χ3n) is 2.94. The van der Waals surface area contributed by atoms with Gasteiger partial charge in [0.25, 0.3) is 0 Å². The molecule has 0 spiro atoms. The first kappa shape index (κ1) is 12.4. The lowest BCUT2D eigenvalue weighted by Crippen LogP contribution is -2.51. The predicted octanol–water partition coefficient (Wildman–Crippen LogP) is 2.24. The smallest absolute Gasteiger partial charge is 0.318 e. The third-order valence-corrected chi connectivity index (χ3v) is 3.99. The molecule has 2 atom stereocenters. The van der Waals surface area contributed by atoms with Gasteiger partial charge in [-0.05, 0) is 25.3 Å². The number of ether oxygens (including phenoxy) is 1. The number of urea groups is 1. The molecule has 0 radical (unpaired) electrons. The molecule has 2 amide bonds. The summed E-state index contributed by atoms with van der Waals surface area (Å²) in [6.45, 7) is 5.94. The van der Waals surface area contributed by atoms with Crippen molar-refractivity contribution in [2.75, 3.05) is 19.8 Å². The minimum absolute atomic E-state index is 0.00157. The molecule has 1 aromatic heterocycles. The van der Waals surface area contributed by atoms with Crippen LogP contribution in [0.4, 0.5) is 4.79 Å². The van der Waals surface area contributed by atoms with Gasteiger partial charge in [0.05, 0.1) is 25.3 Å². The van der Waals surface area contributed by atoms with Crippen molar-refractivity contribution in [3.63, 3.8) is 0 Å². The number of amides is 2. The molecule has 4 nitrogen and oxygen atoms in total. The zero-order valence-corrected chi connectivity index (χ0v) is 11.0. The first-order chi connectivity index (χ1) is 8.18. The second kappa shape index (κ2) is 5.51. The highest BCUT2D eigenvalue weighted by Gasteiger charge is 2.24. The summed E-state index contributed by atoms with van der Waals surface area (Å²) in [5, 5.41) is 5.05. The SMILES string of the molecule is CC(NC(=O)N1CCOCC1C)c1cccs1. The summed E-state index contributed by atoms with van der Waals surface area (Å²) in [7, 11) is 0. The zero-order valence-electron chi connectivity index (χ0n) is 10.2. The molecule has 1 N–H and O–H groups in total. The Morgan fingerprint density at radius 3 is 3.18 bits per heavy atom. The predicted molar refractivity (Wildman–Crippen MR) is 68.3 cm³/mol. The van der Waals surface area contributed by atoms with Gasteiger partial charge in [-0.15, -0.1) is 11.3 Å². The number of morpholine rings is 1. The molecule has 0 saturated carbocycles. The average Bonchev–Trinajstić information content (AvgIpc) is 2.82. The standard InChI is InChI=1S/C12H18N2O2S/c1-9-8-16-6-5-14(9)12(15)13-10(2)11-4-3-7-17-11/h3-4,7,9-10H,5-6,8H2,1-2H3,(H,13,15). The van der Waals surface area contributed by atoms with E-state index in [-0.39, 0.29) is 18.1 Å². The van der Waals surface area contributed by atoms with E-state index in [0.29, 0.717) is 19.8 Å². The molecule has 94 valence electrons. The lowest BCUT2D eigenvalue weighted by molar-refractivity contribution is 0.0185. The molecular formula is C12H18N2O2S. The number of hydrogen-bond acceptors (Lipinski definition) is 3. The number of carbonyl (C=O) groups excluding carboxylic acids is 1. The third kappa shape index (κ3) is 2.98. The minimum Gasteiger partial charge on any atom is -0.377 e. The van der Waals surface area contributed by atoms with Gasteiger partial charge >= 0.3 is 6.03 Å². The van der Waals surface area contributed by atoms with Gasteiger partial charge < -0.3 is 15.0 Å². The van der Waals surface area contributed by atoms with Gasteiger partial charge in [-0.2, -0.15) is 0 Å². The topological polar surface area (TPSA) is 41.6 Å². The van der Waals surface area contributed by atoms with E-state index in [1.54, 1.807) is 11.3 Å². The van der Waals surface area contributed by atoms with E-state index < -0.39 is 0 Å². The number of nitrogens with zero attached hydrogens (tertiary/aromatic N) is 1. The zero-order chi connectivity index (χ0) is 12.3. The van der Waals surface area contributed by atoms with Gasteiger partial charge in [0.15, 0.2) is 0 Å². The Morgan fingerprint density at radius 2 is 2.53 bits per heavy atom. The number of thiophene rings is 1. The summed E-state index contributed by atoms with van der Waals surface area (Å²) in [6.07, 6.45) is 0. The molecule has 1 aliphatic rings. The molecule has 2 unspecified atom stereocenters. The van der Waals surface area contributed by atoms with E-state index in [9.17, 15) is 4.79 Å². The van der Waals surface area contributed by atoms with Crippen LogP contribution in [0.15, 0.2) is 17.5 Å². The Morgan fingerprint density at radius 1 is 1.71 bits per heavy atom. The van der Waals surface area contributed by atoms with Crippen molar-refractivity contribution in [1.29, 1.82) is 0 Å². The average molecular weight is 254 g/mol. The van der Waals surface area contributed by atoms with Gasteiger partial charge in [-0.25, -0.2) is 4.79 Å². The summed E-state index contributed by atoms with van der Waals surface area (Å²) in [5.41, 5.74) is 0.